The van der Waals surface area contributed by atoms with Crippen molar-refractivity contribution in [3.63, 3.8) is 0 Å². The predicted molar refractivity (Wildman–Crippen MR) is 116 cm³/mol. The lowest BCUT2D eigenvalue weighted by atomic mass is 10.0. The number of hydrogen-bond donors (Lipinski definition) is 1. The number of aromatic nitrogens is 2. The van der Waals surface area contributed by atoms with Gasteiger partial charge in [0.05, 0.1) is 19.1 Å². The lowest BCUT2D eigenvalue weighted by Gasteiger charge is -2.11. The molecule has 0 saturated carbocycles. The Balaban J connectivity index is 1.58. The minimum atomic E-state index is -0.0487. The van der Waals surface area contributed by atoms with Gasteiger partial charge in [0.25, 0.3) is 0 Å². The molecule has 0 spiro atoms. The van der Waals surface area contributed by atoms with E-state index in [-0.39, 0.29) is 5.91 Å². The number of benzene rings is 2. The van der Waals surface area contributed by atoms with E-state index < -0.39 is 0 Å². The van der Waals surface area contributed by atoms with Crippen molar-refractivity contribution in [1.82, 2.24) is 14.9 Å². The maximum atomic E-state index is 12.4. The van der Waals surface area contributed by atoms with Crippen LogP contribution in [0.3, 0.4) is 0 Å². The van der Waals surface area contributed by atoms with Crippen molar-refractivity contribution >= 4 is 12.0 Å². The molecule has 5 nitrogen and oxygen atoms in total. The van der Waals surface area contributed by atoms with Gasteiger partial charge in [-0.3, -0.25) is 4.79 Å². The van der Waals surface area contributed by atoms with Crippen molar-refractivity contribution in [2.75, 3.05) is 13.7 Å². The van der Waals surface area contributed by atoms with E-state index in [9.17, 15) is 4.79 Å². The summed E-state index contributed by atoms with van der Waals surface area (Å²) in [7, 11) is 1.64. The number of hydrogen-bond acceptors (Lipinski definition) is 3. The fourth-order valence-corrected chi connectivity index (χ4v) is 3.23. The lowest BCUT2D eigenvalue weighted by Crippen LogP contribution is -2.25. The van der Waals surface area contributed by atoms with Gasteiger partial charge in [-0.25, -0.2) is 4.98 Å². The Hall–Kier alpha value is -3.34. The maximum absolute atomic E-state index is 12.4. The van der Waals surface area contributed by atoms with Gasteiger partial charge in [0, 0.05) is 24.5 Å². The first-order chi connectivity index (χ1) is 14.1. The van der Waals surface area contributed by atoms with E-state index in [2.05, 4.69) is 35.4 Å². The van der Waals surface area contributed by atoms with Gasteiger partial charge in [0.1, 0.15) is 5.75 Å². The summed E-state index contributed by atoms with van der Waals surface area (Å²) in [4.78, 5) is 16.5. The highest BCUT2D eigenvalue weighted by Gasteiger charge is 2.08. The number of imidazole rings is 1. The fraction of sp³-hybridized carbons (Fsp3) is 0.250. The van der Waals surface area contributed by atoms with Crippen molar-refractivity contribution in [3.05, 3.63) is 83.4 Å². The number of carbonyl (C=O) groups excluding carboxylic acids is 1. The summed E-state index contributed by atoms with van der Waals surface area (Å²) in [5.41, 5.74) is 5.11. The number of carbonyl (C=O) groups is 1. The minimum absolute atomic E-state index is 0.0487. The van der Waals surface area contributed by atoms with Crippen LogP contribution in [-0.2, 0) is 11.2 Å². The Morgan fingerprint density at radius 3 is 2.79 bits per heavy atom. The van der Waals surface area contributed by atoms with Gasteiger partial charge in [-0.1, -0.05) is 30.3 Å². The molecule has 0 aliphatic heterocycles. The van der Waals surface area contributed by atoms with E-state index in [1.165, 1.54) is 11.1 Å². The Bertz CT molecular complexity index is 991. The average molecular weight is 389 g/mol. The molecule has 0 fully saturated rings. The van der Waals surface area contributed by atoms with Gasteiger partial charge in [-0.2, -0.15) is 0 Å². The smallest absolute Gasteiger partial charge is 0.246 e. The van der Waals surface area contributed by atoms with E-state index in [1.807, 2.05) is 48.0 Å². The normalized spacial score (nSPS) is 11.3. The Labute approximate surface area is 172 Å². The Kier molecular flexibility index (Phi) is 6.85. The highest BCUT2D eigenvalue weighted by atomic mass is 16.5. The van der Waals surface area contributed by atoms with Crippen LogP contribution in [0.1, 0.15) is 30.0 Å². The molecular weight excluding hydrogens is 362 g/mol. The van der Waals surface area contributed by atoms with Gasteiger partial charge >= 0.3 is 0 Å². The number of rotatable bonds is 8. The number of methoxy groups -OCH3 is 1. The molecule has 0 atom stereocenters. The van der Waals surface area contributed by atoms with Crippen molar-refractivity contribution < 1.29 is 9.53 Å². The molecule has 0 aliphatic carbocycles. The molecule has 1 N–H and O–H groups in total. The highest BCUT2D eigenvalue weighted by molar-refractivity contribution is 5.97. The van der Waals surface area contributed by atoms with E-state index in [0.29, 0.717) is 12.1 Å². The number of nitrogens with one attached hydrogen (secondary N) is 1. The largest absolute Gasteiger partial charge is 0.495 e. The molecule has 0 bridgehead atoms. The van der Waals surface area contributed by atoms with E-state index >= 15 is 0 Å². The van der Waals surface area contributed by atoms with E-state index in [1.54, 1.807) is 19.6 Å². The molecule has 3 aromatic rings. The third-order valence-electron chi connectivity index (χ3n) is 4.90. The number of aryl methyl sites for hydroxylation is 2. The van der Waals surface area contributed by atoms with Gasteiger partial charge < -0.3 is 14.6 Å². The first kappa shape index (κ1) is 20.4. The van der Waals surface area contributed by atoms with Crippen LogP contribution in [0.2, 0.25) is 0 Å². The summed E-state index contributed by atoms with van der Waals surface area (Å²) in [6.07, 6.45) is 9.06. The van der Waals surface area contributed by atoms with Crippen molar-refractivity contribution in [3.8, 4) is 11.4 Å². The first-order valence-corrected chi connectivity index (χ1v) is 9.76. The molecule has 1 aromatic heterocycles. The highest BCUT2D eigenvalue weighted by Crippen LogP contribution is 2.25. The third kappa shape index (κ3) is 5.35. The summed E-state index contributed by atoms with van der Waals surface area (Å²) in [5.74, 6) is 0.677. The van der Waals surface area contributed by atoms with Crippen LogP contribution in [0.4, 0.5) is 0 Å². The van der Waals surface area contributed by atoms with Crippen LogP contribution < -0.4 is 10.1 Å². The Morgan fingerprint density at radius 2 is 2.07 bits per heavy atom. The molecule has 0 unspecified atom stereocenters. The van der Waals surface area contributed by atoms with Crippen molar-refractivity contribution in [2.45, 2.75) is 26.7 Å². The van der Waals surface area contributed by atoms with Crippen LogP contribution in [-0.4, -0.2) is 29.1 Å². The molecule has 0 aliphatic rings. The Morgan fingerprint density at radius 1 is 1.24 bits per heavy atom. The zero-order valence-corrected chi connectivity index (χ0v) is 17.2. The first-order valence-electron chi connectivity index (χ1n) is 9.76. The van der Waals surface area contributed by atoms with Crippen LogP contribution in [0.15, 0.2) is 66.8 Å². The van der Waals surface area contributed by atoms with Crippen molar-refractivity contribution in [2.24, 2.45) is 0 Å². The maximum Gasteiger partial charge on any atom is 0.246 e. The molecule has 3 rings (SSSR count). The third-order valence-corrected chi connectivity index (χ3v) is 4.90. The molecule has 29 heavy (non-hydrogen) atoms. The van der Waals surface area contributed by atoms with Crippen LogP contribution >= 0.6 is 0 Å². The molecule has 5 heteroatoms. The number of amides is 1. The van der Waals surface area contributed by atoms with Gasteiger partial charge in [-0.15, -0.1) is 0 Å². The number of ether oxygens (including phenoxy) is 1. The zero-order valence-electron chi connectivity index (χ0n) is 17.2. The molecular formula is C24H27N3O2. The summed E-state index contributed by atoms with van der Waals surface area (Å²) in [5, 5.41) is 3.00. The standard InChI is InChI=1S/C24H27N3O2/c1-18-7-4-5-8-21(18)9-6-12-26-24(28)19(2)15-20-10-11-22(23(16-20)29-3)27-14-13-25-17-27/h4-5,7-8,10-11,13-17H,6,9,12H2,1-3H3,(H,26,28)/b19-15+. The molecule has 1 heterocycles. The molecule has 0 radical (unpaired) electrons. The summed E-state index contributed by atoms with van der Waals surface area (Å²) in [6.45, 7) is 4.60. The van der Waals surface area contributed by atoms with E-state index in [4.69, 9.17) is 4.74 Å². The lowest BCUT2D eigenvalue weighted by molar-refractivity contribution is -0.117. The second-order valence-corrected chi connectivity index (χ2v) is 7.01. The SMILES string of the molecule is COc1cc(/C=C(\C)C(=O)NCCCc2ccccc2C)ccc1-n1ccnc1. The van der Waals surface area contributed by atoms with E-state index in [0.717, 1.165) is 29.8 Å². The van der Waals surface area contributed by atoms with Crippen LogP contribution in [0, 0.1) is 6.92 Å². The minimum Gasteiger partial charge on any atom is -0.495 e. The van der Waals surface area contributed by atoms with Crippen LogP contribution in [0.5, 0.6) is 5.75 Å². The second-order valence-electron chi connectivity index (χ2n) is 7.01. The van der Waals surface area contributed by atoms with Gasteiger partial charge in [-0.05, 0) is 61.6 Å². The van der Waals surface area contributed by atoms with Crippen molar-refractivity contribution in [1.29, 1.82) is 0 Å². The molecule has 150 valence electrons. The molecule has 1 amide bonds. The number of nitrogens with zero attached hydrogens (tertiary/aromatic N) is 2. The van der Waals surface area contributed by atoms with Crippen LogP contribution in [0.25, 0.3) is 11.8 Å². The molecule has 0 saturated heterocycles. The summed E-state index contributed by atoms with van der Waals surface area (Å²) in [6, 6.07) is 14.2. The van der Waals surface area contributed by atoms with Gasteiger partial charge in [0.2, 0.25) is 5.91 Å². The topological polar surface area (TPSA) is 56.1 Å². The summed E-state index contributed by atoms with van der Waals surface area (Å²) < 4.78 is 7.39. The average Bonchev–Trinajstić information content (AvgIpc) is 3.26. The van der Waals surface area contributed by atoms with Gasteiger partial charge in [0.15, 0.2) is 0 Å². The predicted octanol–water partition coefficient (Wildman–Crippen LogP) is 4.34. The zero-order chi connectivity index (χ0) is 20.6. The fourth-order valence-electron chi connectivity index (χ4n) is 3.23. The summed E-state index contributed by atoms with van der Waals surface area (Å²) >= 11 is 0. The quantitative estimate of drug-likeness (QED) is 0.460. The molecule has 2 aromatic carbocycles. The second kappa shape index (κ2) is 9.73. The monoisotopic (exact) mass is 389 g/mol.